The number of halogens is 1. The van der Waals surface area contributed by atoms with Gasteiger partial charge in [0.25, 0.3) is 11.6 Å². The van der Waals surface area contributed by atoms with Gasteiger partial charge in [0.15, 0.2) is 11.5 Å². The highest BCUT2D eigenvalue weighted by atomic mass is 79.9. The zero-order chi connectivity index (χ0) is 17.9. The van der Waals surface area contributed by atoms with Crippen molar-refractivity contribution in [2.75, 3.05) is 19.5 Å². The molecule has 0 saturated carbocycles. The van der Waals surface area contributed by atoms with Crippen molar-refractivity contribution in [2.24, 2.45) is 0 Å². The molecule has 0 saturated heterocycles. The van der Waals surface area contributed by atoms with Crippen LogP contribution in [0.15, 0.2) is 34.8 Å². The number of nitro groups is 1. The Balaban J connectivity index is 2.36. The Morgan fingerprint density at radius 2 is 1.96 bits per heavy atom. The molecule has 2 aromatic rings. The van der Waals surface area contributed by atoms with E-state index < -0.39 is 10.8 Å². The number of hydrogen-bond acceptors (Lipinski definition) is 5. The van der Waals surface area contributed by atoms with E-state index in [1.165, 1.54) is 32.4 Å². The van der Waals surface area contributed by atoms with E-state index in [1.54, 1.807) is 19.1 Å². The van der Waals surface area contributed by atoms with Crippen LogP contribution in [0.1, 0.15) is 15.9 Å². The van der Waals surface area contributed by atoms with Crippen LogP contribution in [0.25, 0.3) is 0 Å². The molecule has 0 aliphatic carbocycles. The van der Waals surface area contributed by atoms with E-state index >= 15 is 0 Å². The molecule has 24 heavy (non-hydrogen) atoms. The van der Waals surface area contributed by atoms with Gasteiger partial charge in [-0.05, 0) is 41.1 Å². The van der Waals surface area contributed by atoms with Crippen LogP contribution in [0.5, 0.6) is 11.5 Å². The Morgan fingerprint density at radius 1 is 1.25 bits per heavy atom. The van der Waals surface area contributed by atoms with Crippen molar-refractivity contribution >= 4 is 33.2 Å². The highest BCUT2D eigenvalue weighted by molar-refractivity contribution is 9.10. The Labute approximate surface area is 146 Å². The standard InChI is InChI=1S/C16H15BrN2O5/c1-9-12(5-4-6-13(9)19(21)22)18-16(20)10-7-11(17)15(24-3)14(8-10)23-2/h4-8H,1-3H3,(H,18,20). The predicted molar refractivity (Wildman–Crippen MR) is 93.0 cm³/mol. The van der Waals surface area contributed by atoms with Gasteiger partial charge in [-0.25, -0.2) is 0 Å². The lowest BCUT2D eigenvalue weighted by Gasteiger charge is -2.13. The van der Waals surface area contributed by atoms with Crippen molar-refractivity contribution in [3.8, 4) is 11.5 Å². The largest absolute Gasteiger partial charge is 0.493 e. The molecule has 0 spiro atoms. The number of carbonyl (C=O) groups excluding carboxylic acids is 1. The zero-order valence-corrected chi connectivity index (χ0v) is 14.8. The minimum atomic E-state index is -0.488. The number of rotatable bonds is 5. The lowest BCUT2D eigenvalue weighted by atomic mass is 10.1. The van der Waals surface area contributed by atoms with E-state index in [0.29, 0.717) is 32.8 Å². The van der Waals surface area contributed by atoms with E-state index in [0.717, 1.165) is 0 Å². The molecule has 0 aromatic heterocycles. The van der Waals surface area contributed by atoms with E-state index in [4.69, 9.17) is 9.47 Å². The SMILES string of the molecule is COc1cc(C(=O)Nc2cccc([N+](=O)[O-])c2C)cc(Br)c1OC. The van der Waals surface area contributed by atoms with Crippen molar-refractivity contribution in [3.63, 3.8) is 0 Å². The molecule has 8 heteroatoms. The molecular formula is C16H15BrN2O5. The van der Waals surface area contributed by atoms with Crippen LogP contribution in [0.2, 0.25) is 0 Å². The maximum atomic E-state index is 12.5. The van der Waals surface area contributed by atoms with E-state index in [2.05, 4.69) is 21.2 Å². The number of nitrogens with zero attached hydrogens (tertiary/aromatic N) is 1. The molecule has 0 unspecified atom stereocenters. The Bertz CT molecular complexity index is 807. The molecule has 0 atom stereocenters. The number of carbonyl (C=O) groups is 1. The van der Waals surface area contributed by atoms with Crippen molar-refractivity contribution < 1.29 is 19.2 Å². The van der Waals surface area contributed by atoms with Gasteiger partial charge in [-0.15, -0.1) is 0 Å². The highest BCUT2D eigenvalue weighted by Crippen LogP contribution is 2.36. The van der Waals surface area contributed by atoms with Crippen molar-refractivity contribution in [1.82, 2.24) is 0 Å². The number of nitrogens with one attached hydrogen (secondary N) is 1. The summed E-state index contributed by atoms with van der Waals surface area (Å²) < 4.78 is 11.0. The minimum Gasteiger partial charge on any atom is -0.493 e. The first-order valence-electron chi connectivity index (χ1n) is 6.86. The molecule has 2 aromatic carbocycles. The summed E-state index contributed by atoms with van der Waals surface area (Å²) in [7, 11) is 2.96. The number of anilines is 1. The fourth-order valence-corrected chi connectivity index (χ4v) is 2.80. The second-order valence-electron chi connectivity index (χ2n) is 4.85. The van der Waals surface area contributed by atoms with Crippen LogP contribution in [0.3, 0.4) is 0 Å². The smallest absolute Gasteiger partial charge is 0.274 e. The summed E-state index contributed by atoms with van der Waals surface area (Å²) in [6.07, 6.45) is 0. The van der Waals surface area contributed by atoms with Gasteiger partial charge in [-0.2, -0.15) is 0 Å². The fourth-order valence-electron chi connectivity index (χ4n) is 2.20. The Kier molecular flexibility index (Phi) is 5.40. The molecule has 1 amide bonds. The summed E-state index contributed by atoms with van der Waals surface area (Å²) in [5.74, 6) is 0.452. The molecule has 126 valence electrons. The first-order chi connectivity index (χ1) is 11.4. The highest BCUT2D eigenvalue weighted by Gasteiger charge is 2.18. The number of benzene rings is 2. The minimum absolute atomic E-state index is 0.0544. The summed E-state index contributed by atoms with van der Waals surface area (Å²) in [4.78, 5) is 23.0. The first kappa shape index (κ1) is 17.7. The molecule has 7 nitrogen and oxygen atoms in total. The van der Waals surface area contributed by atoms with Gasteiger partial charge in [0.05, 0.1) is 34.9 Å². The summed E-state index contributed by atoms with van der Waals surface area (Å²) in [5.41, 5.74) is 1.03. The summed E-state index contributed by atoms with van der Waals surface area (Å²) in [6, 6.07) is 7.63. The lowest BCUT2D eigenvalue weighted by molar-refractivity contribution is -0.385. The summed E-state index contributed by atoms with van der Waals surface area (Å²) in [5, 5.41) is 13.7. The summed E-state index contributed by atoms with van der Waals surface area (Å²) in [6.45, 7) is 1.58. The topological polar surface area (TPSA) is 90.7 Å². The molecule has 0 fully saturated rings. The Hall–Kier alpha value is -2.61. The third-order valence-corrected chi connectivity index (χ3v) is 4.03. The van der Waals surface area contributed by atoms with Gasteiger partial charge in [-0.3, -0.25) is 14.9 Å². The zero-order valence-electron chi connectivity index (χ0n) is 13.3. The molecule has 0 radical (unpaired) electrons. The maximum absolute atomic E-state index is 12.5. The maximum Gasteiger partial charge on any atom is 0.274 e. The molecule has 0 heterocycles. The lowest BCUT2D eigenvalue weighted by Crippen LogP contribution is -2.13. The Morgan fingerprint density at radius 3 is 2.54 bits per heavy atom. The van der Waals surface area contributed by atoms with Gasteiger partial charge in [0.1, 0.15) is 0 Å². The van der Waals surface area contributed by atoms with Gasteiger partial charge < -0.3 is 14.8 Å². The van der Waals surface area contributed by atoms with Crippen molar-refractivity contribution in [2.45, 2.75) is 6.92 Å². The van der Waals surface area contributed by atoms with Crippen LogP contribution in [0.4, 0.5) is 11.4 Å². The van der Waals surface area contributed by atoms with Crippen LogP contribution in [-0.4, -0.2) is 25.1 Å². The second kappa shape index (κ2) is 7.31. The fraction of sp³-hybridized carbons (Fsp3) is 0.188. The molecule has 2 rings (SSSR count). The van der Waals surface area contributed by atoms with Gasteiger partial charge in [0.2, 0.25) is 0 Å². The summed E-state index contributed by atoms with van der Waals surface area (Å²) >= 11 is 3.32. The molecule has 0 aliphatic rings. The van der Waals surface area contributed by atoms with E-state index in [1.807, 2.05) is 0 Å². The number of ether oxygens (including phenoxy) is 2. The normalized spacial score (nSPS) is 10.2. The van der Waals surface area contributed by atoms with E-state index in [-0.39, 0.29) is 5.69 Å². The van der Waals surface area contributed by atoms with Crippen LogP contribution in [0, 0.1) is 17.0 Å². The molecular weight excluding hydrogens is 380 g/mol. The third-order valence-electron chi connectivity index (χ3n) is 3.45. The van der Waals surface area contributed by atoms with Crippen molar-refractivity contribution in [1.29, 1.82) is 0 Å². The van der Waals surface area contributed by atoms with Gasteiger partial charge in [0, 0.05) is 11.6 Å². The molecule has 0 bridgehead atoms. The van der Waals surface area contributed by atoms with Crippen LogP contribution >= 0.6 is 15.9 Å². The number of nitro benzene ring substituents is 1. The van der Waals surface area contributed by atoms with Gasteiger partial charge >= 0.3 is 0 Å². The quantitative estimate of drug-likeness (QED) is 0.612. The number of methoxy groups -OCH3 is 2. The molecule has 1 N–H and O–H groups in total. The van der Waals surface area contributed by atoms with Crippen molar-refractivity contribution in [3.05, 3.63) is 56.0 Å². The first-order valence-corrected chi connectivity index (χ1v) is 7.65. The third kappa shape index (κ3) is 3.48. The second-order valence-corrected chi connectivity index (χ2v) is 5.71. The number of amides is 1. The predicted octanol–water partition coefficient (Wildman–Crippen LogP) is 3.94. The number of hydrogen-bond donors (Lipinski definition) is 1. The van der Waals surface area contributed by atoms with Gasteiger partial charge in [-0.1, -0.05) is 6.07 Å². The monoisotopic (exact) mass is 394 g/mol. The van der Waals surface area contributed by atoms with Crippen LogP contribution in [-0.2, 0) is 0 Å². The molecule has 0 aliphatic heterocycles. The average molecular weight is 395 g/mol. The van der Waals surface area contributed by atoms with Crippen LogP contribution < -0.4 is 14.8 Å². The average Bonchev–Trinajstić information content (AvgIpc) is 2.55. The van der Waals surface area contributed by atoms with E-state index in [9.17, 15) is 14.9 Å².